The third kappa shape index (κ3) is 3.41. The van der Waals surface area contributed by atoms with Crippen LogP contribution in [0.5, 0.6) is 11.8 Å². The maximum absolute atomic E-state index is 12.2. The molecule has 2 heterocycles. The number of hydrogen-bond acceptors (Lipinski definition) is 6. The monoisotopic (exact) mass is 333 g/mol. The van der Waals surface area contributed by atoms with Crippen LogP contribution in [0.15, 0.2) is 64.4 Å². The molecule has 0 saturated carbocycles. The molecule has 0 radical (unpaired) electrons. The van der Waals surface area contributed by atoms with Gasteiger partial charge in [-0.15, -0.1) is 11.3 Å². The third-order valence-electron chi connectivity index (χ3n) is 2.60. The van der Waals surface area contributed by atoms with Crippen molar-refractivity contribution in [2.75, 3.05) is 4.72 Å². The van der Waals surface area contributed by atoms with Crippen molar-refractivity contribution in [3.63, 3.8) is 0 Å². The number of hydrogen-bond donors (Lipinski definition) is 1. The Morgan fingerprint density at radius 3 is 2.59 bits per heavy atom. The first-order valence-corrected chi connectivity index (χ1v) is 8.61. The zero-order chi connectivity index (χ0) is 15.4. The number of thiophene rings is 1. The smallest absolute Gasteiger partial charge is 0.321 e. The van der Waals surface area contributed by atoms with Crippen LogP contribution in [-0.4, -0.2) is 18.4 Å². The molecule has 2 aromatic heterocycles. The molecule has 0 amide bonds. The predicted octanol–water partition coefficient (Wildman–Crippen LogP) is 3.13. The van der Waals surface area contributed by atoms with Crippen LogP contribution in [0.3, 0.4) is 0 Å². The van der Waals surface area contributed by atoms with Crippen LogP contribution < -0.4 is 9.46 Å². The zero-order valence-corrected chi connectivity index (χ0v) is 12.8. The number of rotatable bonds is 5. The van der Waals surface area contributed by atoms with Gasteiger partial charge in [0.1, 0.15) is 9.96 Å². The van der Waals surface area contributed by atoms with Gasteiger partial charge in [0.15, 0.2) is 0 Å². The lowest BCUT2D eigenvalue weighted by molar-refractivity contribution is 0.442. The van der Waals surface area contributed by atoms with Gasteiger partial charge < -0.3 is 4.74 Å². The maximum atomic E-state index is 12.2. The lowest BCUT2D eigenvalue weighted by atomic mass is 10.3. The average Bonchev–Trinajstić information content (AvgIpc) is 3.03. The first kappa shape index (κ1) is 14.5. The van der Waals surface area contributed by atoms with Gasteiger partial charge in [-0.25, -0.2) is 18.4 Å². The topological polar surface area (TPSA) is 81.2 Å². The highest BCUT2D eigenvalue weighted by atomic mass is 32.2. The second kappa shape index (κ2) is 6.12. The fourth-order valence-electron chi connectivity index (χ4n) is 1.69. The molecule has 0 aliphatic heterocycles. The molecule has 0 fully saturated rings. The Kier molecular flexibility index (Phi) is 4.03. The molecule has 0 bridgehead atoms. The van der Waals surface area contributed by atoms with Gasteiger partial charge in [-0.3, -0.25) is 4.72 Å². The quantitative estimate of drug-likeness (QED) is 0.776. The number of nitrogens with zero attached hydrogens (tertiary/aromatic N) is 2. The molecule has 0 spiro atoms. The molecule has 0 aliphatic rings. The SMILES string of the molecule is O=S(=O)(Nc1cccc(Oc2ncccn2)c1)c1cccs1. The number of nitrogens with one attached hydrogen (secondary N) is 1. The number of sulfonamides is 1. The molecule has 1 N–H and O–H groups in total. The minimum atomic E-state index is -3.58. The summed E-state index contributed by atoms with van der Waals surface area (Å²) in [5.74, 6) is 0.442. The van der Waals surface area contributed by atoms with Gasteiger partial charge in [-0.1, -0.05) is 12.1 Å². The molecular formula is C14H11N3O3S2. The summed E-state index contributed by atoms with van der Waals surface area (Å²) < 4.78 is 32.6. The molecule has 8 heteroatoms. The molecule has 0 saturated heterocycles. The van der Waals surface area contributed by atoms with Crippen molar-refractivity contribution in [2.45, 2.75) is 4.21 Å². The summed E-state index contributed by atoms with van der Waals surface area (Å²) >= 11 is 1.15. The molecule has 1 aromatic carbocycles. The van der Waals surface area contributed by atoms with Crippen molar-refractivity contribution in [3.05, 3.63) is 60.2 Å². The molecule has 3 aromatic rings. The van der Waals surface area contributed by atoms with E-state index in [0.717, 1.165) is 11.3 Å². The third-order valence-corrected chi connectivity index (χ3v) is 5.38. The second-order valence-electron chi connectivity index (χ2n) is 4.20. The minimum Gasteiger partial charge on any atom is -0.424 e. The van der Waals surface area contributed by atoms with Gasteiger partial charge in [-0.2, -0.15) is 0 Å². The van der Waals surface area contributed by atoms with Crippen molar-refractivity contribution in [2.24, 2.45) is 0 Å². The normalized spacial score (nSPS) is 11.1. The van der Waals surface area contributed by atoms with E-state index in [0.29, 0.717) is 11.4 Å². The maximum Gasteiger partial charge on any atom is 0.321 e. The van der Waals surface area contributed by atoms with E-state index in [1.54, 1.807) is 60.2 Å². The predicted molar refractivity (Wildman–Crippen MR) is 83.7 cm³/mol. The van der Waals surface area contributed by atoms with Crippen LogP contribution in [-0.2, 0) is 10.0 Å². The summed E-state index contributed by atoms with van der Waals surface area (Å²) in [6.07, 6.45) is 3.12. The summed E-state index contributed by atoms with van der Waals surface area (Å²) in [5.41, 5.74) is 0.404. The van der Waals surface area contributed by atoms with Crippen molar-refractivity contribution < 1.29 is 13.2 Å². The highest BCUT2D eigenvalue weighted by Gasteiger charge is 2.15. The van der Waals surface area contributed by atoms with Crippen molar-refractivity contribution in [3.8, 4) is 11.8 Å². The van der Waals surface area contributed by atoms with Crippen LogP contribution in [0.4, 0.5) is 5.69 Å². The number of aromatic nitrogens is 2. The molecule has 6 nitrogen and oxygen atoms in total. The van der Waals surface area contributed by atoms with Crippen LogP contribution in [0, 0.1) is 0 Å². The largest absolute Gasteiger partial charge is 0.424 e. The van der Waals surface area contributed by atoms with E-state index < -0.39 is 10.0 Å². The number of benzene rings is 1. The van der Waals surface area contributed by atoms with Crippen molar-refractivity contribution in [1.82, 2.24) is 9.97 Å². The van der Waals surface area contributed by atoms with E-state index in [1.165, 1.54) is 0 Å². The molecule has 3 rings (SSSR count). The highest BCUT2D eigenvalue weighted by molar-refractivity contribution is 7.94. The van der Waals surface area contributed by atoms with Crippen molar-refractivity contribution in [1.29, 1.82) is 0 Å². The van der Waals surface area contributed by atoms with Crippen LogP contribution in [0.1, 0.15) is 0 Å². The van der Waals surface area contributed by atoms with Crippen LogP contribution in [0.25, 0.3) is 0 Å². The van der Waals surface area contributed by atoms with Crippen LogP contribution in [0.2, 0.25) is 0 Å². The minimum absolute atomic E-state index is 0.195. The van der Waals surface area contributed by atoms with Gasteiger partial charge in [0.2, 0.25) is 0 Å². The summed E-state index contributed by atoms with van der Waals surface area (Å²) in [4.78, 5) is 7.90. The van der Waals surface area contributed by atoms with E-state index in [-0.39, 0.29) is 10.2 Å². The summed E-state index contributed by atoms with van der Waals surface area (Å²) in [6, 6.07) is 11.7. The summed E-state index contributed by atoms with van der Waals surface area (Å²) in [6.45, 7) is 0. The van der Waals surface area contributed by atoms with E-state index >= 15 is 0 Å². The first-order chi connectivity index (χ1) is 10.6. The first-order valence-electron chi connectivity index (χ1n) is 6.25. The van der Waals surface area contributed by atoms with Gasteiger partial charge in [-0.05, 0) is 29.6 Å². The Balaban J connectivity index is 1.80. The average molecular weight is 333 g/mol. The van der Waals surface area contributed by atoms with Gasteiger partial charge >= 0.3 is 6.01 Å². The molecule has 22 heavy (non-hydrogen) atoms. The summed E-state index contributed by atoms with van der Waals surface area (Å²) in [5, 5.41) is 1.71. The van der Waals surface area contributed by atoms with Crippen LogP contribution >= 0.6 is 11.3 Å². The zero-order valence-electron chi connectivity index (χ0n) is 11.2. The lowest BCUT2D eigenvalue weighted by Gasteiger charge is -2.08. The van der Waals surface area contributed by atoms with Gasteiger partial charge in [0.25, 0.3) is 10.0 Å². The fraction of sp³-hybridized carbons (Fsp3) is 0. The Bertz CT molecular complexity index is 850. The highest BCUT2D eigenvalue weighted by Crippen LogP contribution is 2.24. The molecule has 0 atom stereocenters. The second-order valence-corrected chi connectivity index (χ2v) is 7.06. The molecule has 112 valence electrons. The number of anilines is 1. The fourth-order valence-corrected chi connectivity index (χ4v) is 3.73. The van der Waals surface area contributed by atoms with E-state index in [9.17, 15) is 8.42 Å². The summed E-state index contributed by atoms with van der Waals surface area (Å²) in [7, 11) is -3.58. The standard InChI is InChI=1S/C14H11N3O3S2/c18-22(19,13-6-2-9-21-13)17-11-4-1-5-12(10-11)20-14-15-7-3-8-16-14/h1-10,17H. The molecule has 0 aliphatic carbocycles. The number of ether oxygens (including phenoxy) is 1. The Morgan fingerprint density at radius 2 is 1.86 bits per heavy atom. The lowest BCUT2D eigenvalue weighted by Crippen LogP contribution is -2.11. The van der Waals surface area contributed by atoms with E-state index in [1.807, 2.05) is 0 Å². The van der Waals surface area contributed by atoms with Gasteiger partial charge in [0, 0.05) is 18.5 Å². The van der Waals surface area contributed by atoms with E-state index in [2.05, 4.69) is 14.7 Å². The molecular weight excluding hydrogens is 322 g/mol. The molecule has 0 unspecified atom stereocenters. The van der Waals surface area contributed by atoms with Gasteiger partial charge in [0.05, 0.1) is 5.69 Å². The van der Waals surface area contributed by atoms with Crippen molar-refractivity contribution >= 4 is 27.0 Å². The Morgan fingerprint density at radius 1 is 1.05 bits per heavy atom. The Hall–Kier alpha value is -2.45. The Labute approximate surface area is 131 Å². The van der Waals surface area contributed by atoms with E-state index in [4.69, 9.17) is 4.74 Å².